The smallest absolute Gasteiger partial charge is 0.267 e. The van der Waals surface area contributed by atoms with Gasteiger partial charge in [-0.3, -0.25) is 9.78 Å². The number of H-pyrrole nitrogens is 1. The van der Waals surface area contributed by atoms with E-state index in [1.807, 2.05) is 26.0 Å². The molecule has 0 saturated heterocycles. The number of nitrogens with one attached hydrogen (secondary N) is 1. The van der Waals surface area contributed by atoms with E-state index in [2.05, 4.69) is 15.2 Å². The van der Waals surface area contributed by atoms with Crippen molar-refractivity contribution in [2.45, 2.75) is 20.3 Å². The van der Waals surface area contributed by atoms with Gasteiger partial charge >= 0.3 is 0 Å². The van der Waals surface area contributed by atoms with Gasteiger partial charge in [0.2, 0.25) is 0 Å². The summed E-state index contributed by atoms with van der Waals surface area (Å²) in [5.74, 6) is 0. The minimum Gasteiger partial charge on any atom is -0.268 e. The van der Waals surface area contributed by atoms with E-state index in [0.717, 1.165) is 22.4 Å². The van der Waals surface area contributed by atoms with Crippen LogP contribution in [-0.2, 0) is 6.42 Å². The van der Waals surface area contributed by atoms with Crippen LogP contribution in [0.1, 0.15) is 22.4 Å². The summed E-state index contributed by atoms with van der Waals surface area (Å²) in [4.78, 5) is 15.3. The highest BCUT2D eigenvalue weighted by molar-refractivity contribution is 5.29. The van der Waals surface area contributed by atoms with E-state index in [-0.39, 0.29) is 5.56 Å². The van der Waals surface area contributed by atoms with E-state index in [1.165, 1.54) is 0 Å². The van der Waals surface area contributed by atoms with Crippen LogP contribution in [0.4, 0.5) is 0 Å². The van der Waals surface area contributed by atoms with Gasteiger partial charge in [-0.05, 0) is 37.1 Å². The van der Waals surface area contributed by atoms with Gasteiger partial charge in [-0.25, -0.2) is 5.10 Å². The van der Waals surface area contributed by atoms with Gasteiger partial charge < -0.3 is 0 Å². The molecule has 0 amide bonds. The van der Waals surface area contributed by atoms with Crippen LogP contribution in [-0.4, -0.2) is 15.2 Å². The summed E-state index contributed by atoms with van der Waals surface area (Å²) >= 11 is 0. The van der Waals surface area contributed by atoms with Crippen molar-refractivity contribution in [1.29, 1.82) is 0 Å². The quantitative estimate of drug-likeness (QED) is 0.823. The van der Waals surface area contributed by atoms with E-state index < -0.39 is 0 Å². The van der Waals surface area contributed by atoms with Gasteiger partial charge in [-0.15, -0.1) is 0 Å². The van der Waals surface area contributed by atoms with Crippen molar-refractivity contribution in [2.24, 2.45) is 0 Å². The molecule has 2 aromatic rings. The molecule has 4 nitrogen and oxygen atoms in total. The van der Waals surface area contributed by atoms with Crippen molar-refractivity contribution in [3.05, 3.63) is 57.3 Å². The van der Waals surface area contributed by atoms with Gasteiger partial charge in [0.25, 0.3) is 5.56 Å². The monoisotopic (exact) mass is 215 g/mol. The van der Waals surface area contributed by atoms with Gasteiger partial charge in [-0.1, -0.05) is 0 Å². The molecule has 1 N–H and O–H groups in total. The fourth-order valence-electron chi connectivity index (χ4n) is 1.54. The zero-order valence-electron chi connectivity index (χ0n) is 9.32. The van der Waals surface area contributed by atoms with E-state index in [0.29, 0.717) is 6.42 Å². The molecule has 0 radical (unpaired) electrons. The highest BCUT2D eigenvalue weighted by atomic mass is 16.1. The van der Waals surface area contributed by atoms with Gasteiger partial charge in [-0.2, -0.15) is 5.10 Å². The van der Waals surface area contributed by atoms with Crippen LogP contribution < -0.4 is 5.56 Å². The van der Waals surface area contributed by atoms with E-state index in [4.69, 9.17) is 0 Å². The molecule has 16 heavy (non-hydrogen) atoms. The Morgan fingerprint density at radius 3 is 2.56 bits per heavy atom. The Bertz CT molecular complexity index is 546. The lowest BCUT2D eigenvalue weighted by molar-refractivity contribution is 0.876. The topological polar surface area (TPSA) is 58.6 Å². The molecule has 0 aromatic carbocycles. The van der Waals surface area contributed by atoms with Gasteiger partial charge in [0.05, 0.1) is 5.69 Å². The van der Waals surface area contributed by atoms with Crippen LogP contribution in [0.5, 0.6) is 0 Å². The number of hydrogen-bond acceptors (Lipinski definition) is 3. The standard InChI is InChI=1S/C12H13N3O/c1-8-9(2)12(16)15-14-11(8)7-10-3-5-13-6-4-10/h3-6H,7H2,1-2H3,(H,15,16). The Labute approximate surface area is 93.4 Å². The maximum Gasteiger partial charge on any atom is 0.267 e. The lowest BCUT2D eigenvalue weighted by Crippen LogP contribution is -2.16. The zero-order valence-corrected chi connectivity index (χ0v) is 9.32. The predicted octanol–water partition coefficient (Wildman–Crippen LogP) is 1.37. The van der Waals surface area contributed by atoms with Gasteiger partial charge in [0, 0.05) is 24.4 Å². The number of rotatable bonds is 2. The minimum atomic E-state index is -0.115. The van der Waals surface area contributed by atoms with Crippen molar-refractivity contribution in [2.75, 3.05) is 0 Å². The molecule has 0 aliphatic rings. The number of aromatic nitrogens is 3. The Hall–Kier alpha value is -1.97. The Morgan fingerprint density at radius 2 is 1.88 bits per heavy atom. The lowest BCUT2D eigenvalue weighted by atomic mass is 10.1. The maximum absolute atomic E-state index is 11.3. The zero-order chi connectivity index (χ0) is 11.5. The fraction of sp³-hybridized carbons (Fsp3) is 0.250. The third kappa shape index (κ3) is 2.00. The SMILES string of the molecule is Cc1c(Cc2ccncc2)n[nH]c(=O)c1C. The summed E-state index contributed by atoms with van der Waals surface area (Å²) < 4.78 is 0. The second-order valence-electron chi connectivity index (χ2n) is 3.78. The molecule has 0 spiro atoms. The van der Waals surface area contributed by atoms with Crippen molar-refractivity contribution >= 4 is 0 Å². The molecule has 4 heteroatoms. The first-order valence-electron chi connectivity index (χ1n) is 5.12. The van der Waals surface area contributed by atoms with Crippen LogP contribution in [0, 0.1) is 13.8 Å². The van der Waals surface area contributed by atoms with E-state index in [9.17, 15) is 4.79 Å². The molecule has 0 aliphatic heterocycles. The van der Waals surface area contributed by atoms with Crippen molar-refractivity contribution < 1.29 is 0 Å². The second-order valence-corrected chi connectivity index (χ2v) is 3.78. The largest absolute Gasteiger partial charge is 0.268 e. The van der Waals surface area contributed by atoms with Crippen LogP contribution in [0.25, 0.3) is 0 Å². The summed E-state index contributed by atoms with van der Waals surface area (Å²) in [7, 11) is 0. The molecule has 0 unspecified atom stereocenters. The van der Waals surface area contributed by atoms with Crippen LogP contribution >= 0.6 is 0 Å². The van der Waals surface area contributed by atoms with Crippen molar-refractivity contribution in [3.8, 4) is 0 Å². The molecule has 0 saturated carbocycles. The molecule has 0 atom stereocenters. The summed E-state index contributed by atoms with van der Waals surface area (Å²) in [5.41, 5.74) is 3.62. The highest BCUT2D eigenvalue weighted by Crippen LogP contribution is 2.10. The maximum atomic E-state index is 11.3. The van der Waals surface area contributed by atoms with E-state index in [1.54, 1.807) is 12.4 Å². The van der Waals surface area contributed by atoms with E-state index >= 15 is 0 Å². The van der Waals surface area contributed by atoms with Gasteiger partial charge in [0.1, 0.15) is 0 Å². The fourth-order valence-corrected chi connectivity index (χ4v) is 1.54. The Balaban J connectivity index is 2.36. The number of hydrogen-bond donors (Lipinski definition) is 1. The second kappa shape index (κ2) is 4.26. The third-order valence-electron chi connectivity index (χ3n) is 2.75. The first-order valence-corrected chi connectivity index (χ1v) is 5.12. The summed E-state index contributed by atoms with van der Waals surface area (Å²) in [5, 5.41) is 6.58. The molecule has 2 heterocycles. The lowest BCUT2D eigenvalue weighted by Gasteiger charge is -2.06. The van der Waals surface area contributed by atoms with Crippen LogP contribution in [0.3, 0.4) is 0 Å². The molecular formula is C12H13N3O. The summed E-state index contributed by atoms with van der Waals surface area (Å²) in [6.45, 7) is 3.74. The first kappa shape index (κ1) is 10.5. The minimum absolute atomic E-state index is 0.115. The number of aromatic amines is 1. The molecule has 82 valence electrons. The van der Waals surface area contributed by atoms with Gasteiger partial charge in [0.15, 0.2) is 0 Å². The Morgan fingerprint density at radius 1 is 1.19 bits per heavy atom. The average molecular weight is 215 g/mol. The summed E-state index contributed by atoms with van der Waals surface area (Å²) in [6.07, 6.45) is 4.22. The Kier molecular flexibility index (Phi) is 2.81. The van der Waals surface area contributed by atoms with Crippen molar-refractivity contribution in [1.82, 2.24) is 15.2 Å². The average Bonchev–Trinajstić information content (AvgIpc) is 2.31. The molecule has 0 aliphatic carbocycles. The molecule has 2 aromatic heterocycles. The molecular weight excluding hydrogens is 202 g/mol. The molecule has 2 rings (SSSR count). The normalized spacial score (nSPS) is 10.4. The number of nitrogens with zero attached hydrogens (tertiary/aromatic N) is 2. The first-order chi connectivity index (χ1) is 7.68. The molecule has 0 bridgehead atoms. The third-order valence-corrected chi connectivity index (χ3v) is 2.75. The van der Waals surface area contributed by atoms with Crippen molar-refractivity contribution in [3.63, 3.8) is 0 Å². The predicted molar refractivity (Wildman–Crippen MR) is 61.4 cm³/mol. The molecule has 0 fully saturated rings. The van der Waals surface area contributed by atoms with Crippen LogP contribution in [0.2, 0.25) is 0 Å². The highest BCUT2D eigenvalue weighted by Gasteiger charge is 2.06. The number of pyridine rings is 1. The summed E-state index contributed by atoms with van der Waals surface area (Å²) in [6, 6.07) is 3.89. The van der Waals surface area contributed by atoms with Crippen LogP contribution in [0.15, 0.2) is 29.3 Å².